The predicted octanol–water partition coefficient (Wildman–Crippen LogP) is 7.67. The summed E-state index contributed by atoms with van der Waals surface area (Å²) in [6.45, 7) is 5.26. The second-order valence-corrected chi connectivity index (χ2v) is 12.6. The fraction of sp³-hybridized carbons (Fsp3) is 0.172. The van der Waals surface area contributed by atoms with E-state index in [4.69, 9.17) is 4.74 Å². The SMILES string of the molecule is CC(C)NCC(c1ccccc1)P(=Nc1ccc(Br)cc1)(c1ccccc1)c1ccccc1. The van der Waals surface area contributed by atoms with E-state index in [0.29, 0.717) is 6.04 Å². The molecule has 0 saturated carbocycles. The van der Waals surface area contributed by atoms with E-state index >= 15 is 0 Å². The van der Waals surface area contributed by atoms with Crippen LogP contribution >= 0.6 is 23.0 Å². The molecule has 0 amide bonds. The minimum atomic E-state index is -2.28. The Labute approximate surface area is 206 Å². The molecule has 4 rings (SSSR count). The van der Waals surface area contributed by atoms with Gasteiger partial charge in [-0.3, -0.25) is 4.74 Å². The Morgan fingerprint density at radius 2 is 1.18 bits per heavy atom. The summed E-state index contributed by atoms with van der Waals surface area (Å²) < 4.78 is 6.74. The lowest BCUT2D eigenvalue weighted by atomic mass is 10.1. The van der Waals surface area contributed by atoms with Crippen LogP contribution in [0.3, 0.4) is 0 Å². The van der Waals surface area contributed by atoms with Crippen molar-refractivity contribution in [2.75, 3.05) is 6.54 Å². The fourth-order valence-corrected chi connectivity index (χ4v) is 8.56. The van der Waals surface area contributed by atoms with Gasteiger partial charge >= 0.3 is 0 Å². The van der Waals surface area contributed by atoms with Crippen molar-refractivity contribution in [1.29, 1.82) is 0 Å². The third kappa shape index (κ3) is 5.55. The quantitative estimate of drug-likeness (QED) is 0.238. The molecule has 1 atom stereocenters. The van der Waals surface area contributed by atoms with Gasteiger partial charge < -0.3 is 5.32 Å². The summed E-state index contributed by atoms with van der Waals surface area (Å²) in [5, 5.41) is 6.32. The molecule has 0 aromatic heterocycles. The highest BCUT2D eigenvalue weighted by Gasteiger charge is 2.35. The van der Waals surface area contributed by atoms with Gasteiger partial charge in [0.25, 0.3) is 0 Å². The van der Waals surface area contributed by atoms with E-state index in [1.807, 2.05) is 0 Å². The molecule has 0 spiro atoms. The summed E-state index contributed by atoms with van der Waals surface area (Å²) in [6.07, 6.45) is 0. The average molecular weight is 517 g/mol. The van der Waals surface area contributed by atoms with Crippen molar-refractivity contribution < 1.29 is 0 Å². The molecule has 4 aromatic rings. The molecule has 1 N–H and O–H groups in total. The highest BCUT2D eigenvalue weighted by Crippen LogP contribution is 2.61. The number of hydrogen-bond donors (Lipinski definition) is 1. The summed E-state index contributed by atoms with van der Waals surface area (Å²) in [5.41, 5.74) is 2.51. The fourth-order valence-electron chi connectivity index (χ4n) is 4.18. The highest BCUT2D eigenvalue weighted by molar-refractivity contribution is 9.10. The van der Waals surface area contributed by atoms with E-state index in [1.165, 1.54) is 16.2 Å². The van der Waals surface area contributed by atoms with Crippen molar-refractivity contribution in [2.45, 2.75) is 25.5 Å². The molecule has 0 aliphatic carbocycles. The van der Waals surface area contributed by atoms with Crippen LogP contribution in [0.25, 0.3) is 0 Å². The topological polar surface area (TPSA) is 24.4 Å². The molecule has 0 heterocycles. The van der Waals surface area contributed by atoms with Crippen LogP contribution in [-0.2, 0) is 0 Å². The maximum Gasteiger partial charge on any atom is 0.0622 e. The van der Waals surface area contributed by atoms with E-state index in [2.05, 4.69) is 150 Å². The lowest BCUT2D eigenvalue weighted by Crippen LogP contribution is -2.32. The first kappa shape index (κ1) is 23.7. The van der Waals surface area contributed by atoms with Gasteiger partial charge in [0.05, 0.1) is 5.69 Å². The zero-order chi connectivity index (χ0) is 23.1. The molecule has 0 fully saturated rings. The Hall–Kier alpha value is -2.45. The van der Waals surface area contributed by atoms with Crippen molar-refractivity contribution in [3.8, 4) is 0 Å². The smallest absolute Gasteiger partial charge is 0.0622 e. The van der Waals surface area contributed by atoms with Crippen LogP contribution in [0, 0.1) is 0 Å². The summed E-state index contributed by atoms with van der Waals surface area (Å²) in [5.74, 6) is 0. The molecule has 168 valence electrons. The van der Waals surface area contributed by atoms with Gasteiger partial charge in [-0.25, -0.2) is 0 Å². The zero-order valence-corrected chi connectivity index (χ0v) is 21.6. The second kappa shape index (κ2) is 11.1. The Balaban J connectivity index is 2.08. The number of nitrogens with zero attached hydrogens (tertiary/aromatic N) is 1. The van der Waals surface area contributed by atoms with E-state index in [0.717, 1.165) is 16.7 Å². The largest absolute Gasteiger partial charge is 0.313 e. The van der Waals surface area contributed by atoms with E-state index in [9.17, 15) is 0 Å². The van der Waals surface area contributed by atoms with Gasteiger partial charge in [-0.05, 0) is 40.4 Å². The van der Waals surface area contributed by atoms with Crippen molar-refractivity contribution >= 4 is 39.3 Å². The van der Waals surface area contributed by atoms with Crippen LogP contribution in [0.2, 0.25) is 0 Å². The molecule has 0 aliphatic rings. The Morgan fingerprint density at radius 3 is 1.67 bits per heavy atom. The van der Waals surface area contributed by atoms with Crippen molar-refractivity contribution in [3.63, 3.8) is 0 Å². The van der Waals surface area contributed by atoms with Crippen LogP contribution in [0.5, 0.6) is 0 Å². The number of halogens is 1. The minimum absolute atomic E-state index is 0.189. The molecular formula is C29H30BrN2P. The van der Waals surface area contributed by atoms with Crippen LogP contribution in [0.4, 0.5) is 5.69 Å². The minimum Gasteiger partial charge on any atom is -0.313 e. The molecule has 33 heavy (non-hydrogen) atoms. The molecule has 4 aromatic carbocycles. The van der Waals surface area contributed by atoms with E-state index in [1.54, 1.807) is 0 Å². The normalized spacial score (nSPS) is 12.5. The van der Waals surface area contributed by atoms with Crippen LogP contribution < -0.4 is 15.9 Å². The third-order valence-corrected chi connectivity index (χ3v) is 10.4. The molecule has 2 nitrogen and oxygen atoms in total. The van der Waals surface area contributed by atoms with Crippen molar-refractivity contribution in [1.82, 2.24) is 5.32 Å². The zero-order valence-electron chi connectivity index (χ0n) is 19.1. The Morgan fingerprint density at radius 1 is 0.697 bits per heavy atom. The molecule has 0 saturated heterocycles. The lowest BCUT2D eigenvalue weighted by molar-refractivity contribution is 0.583. The molecular weight excluding hydrogens is 487 g/mol. The van der Waals surface area contributed by atoms with Gasteiger partial charge in [0.1, 0.15) is 0 Å². The number of benzene rings is 4. The van der Waals surface area contributed by atoms with Crippen LogP contribution in [0.15, 0.2) is 124 Å². The summed E-state index contributed by atoms with van der Waals surface area (Å²) in [6, 6.07) is 41.4. The Bertz CT molecular complexity index is 1150. The van der Waals surface area contributed by atoms with Gasteiger partial charge in [-0.15, -0.1) is 0 Å². The standard InChI is InChI=1S/C29H30BrN2P/c1-23(2)31-22-29(24-12-6-3-7-13-24)33(27-14-8-4-9-15-27,28-16-10-5-11-17-28)32-26-20-18-25(30)19-21-26/h3-21,23,29,31H,22H2,1-2H3. The molecule has 0 radical (unpaired) electrons. The summed E-state index contributed by atoms with van der Waals surface area (Å²) in [7, 11) is -2.28. The van der Waals surface area contributed by atoms with Crippen LogP contribution in [-0.4, -0.2) is 12.6 Å². The van der Waals surface area contributed by atoms with Crippen molar-refractivity contribution in [2.24, 2.45) is 4.74 Å². The highest BCUT2D eigenvalue weighted by atomic mass is 79.9. The maximum atomic E-state index is 5.68. The third-order valence-electron chi connectivity index (χ3n) is 5.75. The molecule has 0 aliphatic heterocycles. The first-order chi connectivity index (χ1) is 16.1. The summed E-state index contributed by atoms with van der Waals surface area (Å²) >= 11 is 3.58. The van der Waals surface area contributed by atoms with Gasteiger partial charge in [0.15, 0.2) is 0 Å². The van der Waals surface area contributed by atoms with Crippen molar-refractivity contribution in [3.05, 3.63) is 125 Å². The number of rotatable bonds is 8. The van der Waals surface area contributed by atoms with E-state index in [-0.39, 0.29) is 5.66 Å². The molecule has 1 unspecified atom stereocenters. The lowest BCUT2D eigenvalue weighted by Gasteiger charge is -2.35. The van der Waals surface area contributed by atoms with Gasteiger partial charge in [-0.1, -0.05) is 121 Å². The van der Waals surface area contributed by atoms with Crippen LogP contribution in [0.1, 0.15) is 25.1 Å². The first-order valence-electron chi connectivity index (χ1n) is 11.4. The average Bonchev–Trinajstić information content (AvgIpc) is 2.86. The second-order valence-electron chi connectivity index (χ2n) is 8.42. The van der Waals surface area contributed by atoms with Gasteiger partial charge in [0.2, 0.25) is 0 Å². The molecule has 0 bridgehead atoms. The monoisotopic (exact) mass is 516 g/mol. The van der Waals surface area contributed by atoms with E-state index < -0.39 is 7.05 Å². The number of nitrogens with one attached hydrogen (secondary N) is 1. The predicted molar refractivity (Wildman–Crippen MR) is 148 cm³/mol. The maximum absolute atomic E-state index is 5.68. The van der Waals surface area contributed by atoms with Gasteiger partial charge in [-0.2, -0.15) is 0 Å². The first-order valence-corrected chi connectivity index (χ1v) is 14.0. The summed E-state index contributed by atoms with van der Waals surface area (Å²) in [4.78, 5) is 0. The molecule has 4 heteroatoms. The van der Waals surface area contributed by atoms with Gasteiger partial charge in [0, 0.05) is 29.8 Å². The Kier molecular flexibility index (Phi) is 7.98. The number of hydrogen-bond acceptors (Lipinski definition) is 2.